The maximum Gasteiger partial charge on any atom is 0.407 e. The van der Waals surface area contributed by atoms with Gasteiger partial charge in [-0.15, -0.1) is 0 Å². The van der Waals surface area contributed by atoms with Crippen LogP contribution in [0.3, 0.4) is 0 Å². The van der Waals surface area contributed by atoms with Crippen LogP contribution >= 0.6 is 0 Å². The van der Waals surface area contributed by atoms with Crippen molar-refractivity contribution >= 4 is 29.5 Å². The molecule has 0 unspecified atom stereocenters. The molecule has 2 aliphatic rings. The Hall–Kier alpha value is -4.47. The molecule has 2 aromatic carbocycles. The molecule has 1 atom stereocenters. The van der Waals surface area contributed by atoms with Crippen LogP contribution in [0.25, 0.3) is 11.1 Å². The van der Waals surface area contributed by atoms with Gasteiger partial charge in [0.1, 0.15) is 25.0 Å². The lowest BCUT2D eigenvalue weighted by Crippen LogP contribution is -2.48. The second-order valence-electron chi connectivity index (χ2n) is 10.2. The lowest BCUT2D eigenvalue weighted by molar-refractivity contribution is -0.138. The molecule has 4 N–H and O–H groups in total. The number of carbonyl (C=O) groups excluding carboxylic acids is 3. The van der Waals surface area contributed by atoms with Crippen molar-refractivity contribution in [3.8, 4) is 11.1 Å². The van der Waals surface area contributed by atoms with Crippen molar-refractivity contribution in [2.45, 2.75) is 57.4 Å². The minimum atomic E-state index is -1.20. The number of rotatable bonds is 12. The number of allylic oxidation sites excluding steroid dienone is 2. The smallest absolute Gasteiger partial charge is 0.407 e. The molecule has 0 heterocycles. The number of benzene rings is 2. The van der Waals surface area contributed by atoms with Crippen molar-refractivity contribution in [2.75, 3.05) is 19.7 Å². The Kier molecular flexibility index (Phi) is 9.89. The molecule has 2 amide bonds. The Morgan fingerprint density at radius 1 is 1.02 bits per heavy atom. The van der Waals surface area contributed by atoms with E-state index in [1.54, 1.807) is 6.92 Å². The van der Waals surface area contributed by atoms with E-state index in [1.165, 1.54) is 0 Å². The van der Waals surface area contributed by atoms with Crippen LogP contribution in [-0.4, -0.2) is 65.4 Å². The summed E-state index contributed by atoms with van der Waals surface area (Å²) in [5, 5.41) is 23.9. The molecule has 0 saturated carbocycles. The number of alkyl carbamates (subject to hydrolysis) is 1. The topological polar surface area (TPSA) is 154 Å². The average Bonchev–Trinajstić information content (AvgIpc) is 3.27. The molecule has 41 heavy (non-hydrogen) atoms. The van der Waals surface area contributed by atoms with Gasteiger partial charge in [-0.2, -0.15) is 0 Å². The number of carboxylic acids is 1. The fraction of sp³-hybridized carbons (Fsp3) is 0.387. The van der Waals surface area contributed by atoms with E-state index >= 15 is 0 Å². The average molecular weight is 562 g/mol. The van der Waals surface area contributed by atoms with Crippen molar-refractivity contribution in [1.82, 2.24) is 10.6 Å². The Labute approximate surface area is 238 Å². The molecule has 216 valence electrons. The second-order valence-corrected chi connectivity index (χ2v) is 10.2. The first-order valence-electron chi connectivity index (χ1n) is 13.8. The van der Waals surface area contributed by atoms with E-state index in [1.807, 2.05) is 48.5 Å². The minimum Gasteiger partial charge on any atom is -0.511 e. The van der Waals surface area contributed by atoms with Crippen LogP contribution in [0.5, 0.6) is 0 Å². The van der Waals surface area contributed by atoms with Crippen LogP contribution in [0.15, 0.2) is 64.9 Å². The number of aliphatic carboxylic acids is 1. The summed E-state index contributed by atoms with van der Waals surface area (Å²) in [6.07, 6.45) is 1.98. The second kappa shape index (κ2) is 13.7. The zero-order valence-corrected chi connectivity index (χ0v) is 23.0. The number of carbonyl (C=O) groups is 4. The van der Waals surface area contributed by atoms with Gasteiger partial charge >= 0.3 is 12.1 Å². The molecule has 10 nitrogen and oxygen atoms in total. The van der Waals surface area contributed by atoms with Crippen molar-refractivity contribution in [3.05, 3.63) is 71.0 Å². The Morgan fingerprint density at radius 2 is 1.68 bits per heavy atom. The highest BCUT2D eigenvalue weighted by Gasteiger charge is 2.30. The molecule has 0 aromatic heterocycles. The van der Waals surface area contributed by atoms with Gasteiger partial charge in [0.15, 0.2) is 5.78 Å². The van der Waals surface area contributed by atoms with Gasteiger partial charge in [0.05, 0.1) is 5.57 Å². The zero-order chi connectivity index (χ0) is 29.4. The molecule has 0 saturated heterocycles. The van der Waals surface area contributed by atoms with Crippen LogP contribution in [0, 0.1) is 0 Å². The van der Waals surface area contributed by atoms with Crippen molar-refractivity contribution in [2.24, 2.45) is 4.99 Å². The van der Waals surface area contributed by atoms with Gasteiger partial charge in [-0.25, -0.2) is 4.79 Å². The van der Waals surface area contributed by atoms with Crippen LogP contribution in [0.2, 0.25) is 0 Å². The van der Waals surface area contributed by atoms with Crippen LogP contribution in [0.4, 0.5) is 4.79 Å². The molecule has 0 radical (unpaired) electrons. The van der Waals surface area contributed by atoms with E-state index < -0.39 is 30.6 Å². The van der Waals surface area contributed by atoms with Gasteiger partial charge in [0.25, 0.3) is 0 Å². The molecular formula is C31H35N3O7. The molecule has 2 aliphatic carbocycles. The van der Waals surface area contributed by atoms with E-state index in [9.17, 15) is 24.3 Å². The highest BCUT2D eigenvalue weighted by atomic mass is 16.5. The highest BCUT2D eigenvalue weighted by molar-refractivity contribution is 6.22. The number of unbranched alkanes of at least 4 members (excludes halogenated alkanes) is 1. The van der Waals surface area contributed by atoms with E-state index in [0.717, 1.165) is 22.3 Å². The summed E-state index contributed by atoms with van der Waals surface area (Å²) in [5.74, 6) is -2.00. The van der Waals surface area contributed by atoms with E-state index in [4.69, 9.17) is 9.84 Å². The number of ketones is 1. The van der Waals surface area contributed by atoms with Gasteiger partial charge in [-0.3, -0.25) is 19.4 Å². The third kappa shape index (κ3) is 7.39. The maximum absolute atomic E-state index is 12.8. The number of nitrogens with zero attached hydrogens (tertiary/aromatic N) is 1. The molecule has 0 aliphatic heterocycles. The zero-order valence-electron chi connectivity index (χ0n) is 23.0. The van der Waals surface area contributed by atoms with E-state index in [2.05, 4.69) is 15.6 Å². The Balaban J connectivity index is 1.33. The lowest BCUT2D eigenvalue weighted by Gasteiger charge is -2.19. The van der Waals surface area contributed by atoms with Gasteiger partial charge in [-0.05, 0) is 54.9 Å². The number of Topliss-reactive ketones (excluding diaryl/α,β-unsaturated/α-hetero) is 1. The summed E-state index contributed by atoms with van der Waals surface area (Å²) in [5.41, 5.74) is 5.10. The summed E-state index contributed by atoms with van der Waals surface area (Å²) in [4.78, 5) is 53.0. The van der Waals surface area contributed by atoms with Crippen molar-refractivity contribution in [1.29, 1.82) is 0 Å². The van der Waals surface area contributed by atoms with E-state index in [0.29, 0.717) is 49.9 Å². The fourth-order valence-electron chi connectivity index (χ4n) is 5.36. The van der Waals surface area contributed by atoms with Crippen molar-refractivity contribution < 1.29 is 34.1 Å². The summed E-state index contributed by atoms with van der Waals surface area (Å²) in [6.45, 7) is 1.57. The Bertz CT molecular complexity index is 1340. The first-order chi connectivity index (χ1) is 19.8. The molecule has 0 bridgehead atoms. The molecule has 10 heteroatoms. The number of aliphatic hydroxyl groups excluding tert-OH is 1. The summed E-state index contributed by atoms with van der Waals surface area (Å²) < 4.78 is 5.56. The number of ether oxygens (including phenoxy) is 1. The highest BCUT2D eigenvalue weighted by Crippen LogP contribution is 2.44. The predicted molar refractivity (Wildman–Crippen MR) is 153 cm³/mol. The summed E-state index contributed by atoms with van der Waals surface area (Å²) in [7, 11) is 0. The summed E-state index contributed by atoms with van der Waals surface area (Å²) >= 11 is 0. The molecule has 0 fully saturated rings. The molecule has 0 spiro atoms. The standard InChI is InChI=1S/C31H35N3O7/c1-19(29-26(35)14-8-15-27(29)36)32-16-7-6-13-25(30(39)33-17-28(37)38)34-31(40)41-18-24-22-11-4-2-9-20(22)21-10-3-5-12-23(21)24/h2-5,9-12,24-25,35H,6-8,13-18H2,1H3,(H,33,39)(H,34,40)(H,37,38)/t25-/m0/s1. The molecule has 2 aromatic rings. The van der Waals surface area contributed by atoms with Gasteiger partial charge in [0, 0.05) is 31.0 Å². The number of aliphatic hydroxyl groups is 1. The van der Waals surface area contributed by atoms with Crippen LogP contribution in [0.1, 0.15) is 62.5 Å². The first-order valence-corrected chi connectivity index (χ1v) is 13.8. The van der Waals surface area contributed by atoms with Crippen LogP contribution < -0.4 is 10.6 Å². The van der Waals surface area contributed by atoms with Gasteiger partial charge in [-0.1, -0.05) is 48.5 Å². The van der Waals surface area contributed by atoms with Crippen molar-refractivity contribution in [3.63, 3.8) is 0 Å². The monoisotopic (exact) mass is 561 g/mol. The number of amides is 2. The number of fused-ring (bicyclic) bond motifs is 3. The first kappa shape index (κ1) is 29.5. The number of aliphatic imine (C=N–C) groups is 1. The van der Waals surface area contributed by atoms with Gasteiger partial charge < -0.3 is 25.6 Å². The molecular weight excluding hydrogens is 526 g/mol. The van der Waals surface area contributed by atoms with E-state index in [-0.39, 0.29) is 30.5 Å². The minimum absolute atomic E-state index is 0.0740. The lowest BCUT2D eigenvalue weighted by atomic mass is 9.93. The molecule has 4 rings (SSSR count). The number of nitrogens with one attached hydrogen (secondary N) is 2. The number of hydrogen-bond donors (Lipinski definition) is 4. The third-order valence-corrected chi connectivity index (χ3v) is 7.36. The SMILES string of the molecule is CC(=NCCCC[C@H](NC(=O)OCC1c2ccccc2-c2ccccc21)C(=O)NCC(=O)O)C1=C(O)CCCC1=O. The normalized spacial score (nSPS) is 15.6. The third-order valence-electron chi connectivity index (χ3n) is 7.36. The number of hydrogen-bond acceptors (Lipinski definition) is 7. The quantitative estimate of drug-likeness (QED) is 0.223. The largest absolute Gasteiger partial charge is 0.511 e. The van der Waals surface area contributed by atoms with Gasteiger partial charge in [0.2, 0.25) is 5.91 Å². The van der Waals surface area contributed by atoms with Crippen LogP contribution in [-0.2, 0) is 19.1 Å². The Morgan fingerprint density at radius 3 is 2.32 bits per heavy atom. The summed E-state index contributed by atoms with van der Waals surface area (Å²) in [6, 6.07) is 14.9. The predicted octanol–water partition coefficient (Wildman–Crippen LogP) is 4.29. The number of carboxylic acid groups (broad SMARTS) is 1. The fourth-order valence-corrected chi connectivity index (χ4v) is 5.36. The maximum atomic E-state index is 12.8.